The van der Waals surface area contributed by atoms with Crippen molar-refractivity contribution in [1.82, 2.24) is 0 Å². The number of epoxide rings is 1. The van der Waals surface area contributed by atoms with E-state index in [1.165, 1.54) is 89.9 Å². The summed E-state index contributed by atoms with van der Waals surface area (Å²) in [5, 5.41) is 0. The molecule has 1 heterocycles. The van der Waals surface area contributed by atoms with E-state index in [1.807, 2.05) is 33.3 Å². The number of hydrogen-bond donors (Lipinski definition) is 1. The highest BCUT2D eigenvalue weighted by Gasteiger charge is 2.36. The van der Waals surface area contributed by atoms with E-state index in [0.29, 0.717) is 29.7 Å². The summed E-state index contributed by atoms with van der Waals surface area (Å²) in [6, 6.07) is 0. The van der Waals surface area contributed by atoms with Crippen LogP contribution in [0, 0.1) is 0 Å². The average Bonchev–Trinajstić information content (AvgIpc) is 3.97. The van der Waals surface area contributed by atoms with Crippen molar-refractivity contribution in [3.05, 3.63) is 60.8 Å². The van der Waals surface area contributed by atoms with Crippen molar-refractivity contribution in [2.45, 2.75) is 199 Å². The Kier molecular flexibility index (Phi) is 35.5. The van der Waals surface area contributed by atoms with E-state index in [9.17, 15) is 19.0 Å². The van der Waals surface area contributed by atoms with Crippen molar-refractivity contribution in [3.8, 4) is 0 Å². The molecule has 10 nitrogen and oxygen atoms in total. The van der Waals surface area contributed by atoms with E-state index in [-0.39, 0.29) is 32.0 Å². The molecule has 0 bridgehead atoms. The normalized spacial score (nSPS) is 17.3. The number of allylic oxidation sites excluding steroid dienone is 8. The lowest BCUT2D eigenvalue weighted by molar-refractivity contribution is -0.870. The summed E-state index contributed by atoms with van der Waals surface area (Å²) >= 11 is 0. The van der Waals surface area contributed by atoms with E-state index in [0.717, 1.165) is 57.8 Å². The molecule has 3 unspecified atom stereocenters. The Hall–Kier alpha value is -2.33. The average molecular weight is 879 g/mol. The van der Waals surface area contributed by atoms with Gasteiger partial charge in [-0.2, -0.15) is 0 Å². The lowest BCUT2D eigenvalue weighted by Crippen LogP contribution is -2.37. The first-order chi connectivity index (χ1) is 29.5. The van der Waals surface area contributed by atoms with Crippen LogP contribution in [0.1, 0.15) is 181 Å². The molecule has 11 heteroatoms. The molecule has 1 aliphatic rings. The molecule has 0 aromatic carbocycles. The van der Waals surface area contributed by atoms with Gasteiger partial charge in [0.2, 0.25) is 0 Å². The zero-order valence-electron chi connectivity index (χ0n) is 39.3. The quantitative estimate of drug-likeness (QED) is 0.0159. The Labute approximate surface area is 372 Å². The molecule has 0 saturated carbocycles. The minimum absolute atomic E-state index is 0.0149. The molecule has 0 aliphatic carbocycles. The summed E-state index contributed by atoms with van der Waals surface area (Å²) in [6.45, 7) is 4.22. The topological polar surface area (TPSA) is 121 Å². The number of ether oxygens (including phenoxy) is 3. The monoisotopic (exact) mass is 879 g/mol. The molecular formula is C50H89NO9P+. The Morgan fingerprint density at radius 1 is 0.607 bits per heavy atom. The fourth-order valence-electron chi connectivity index (χ4n) is 6.61. The van der Waals surface area contributed by atoms with Gasteiger partial charge in [-0.3, -0.25) is 18.6 Å². The van der Waals surface area contributed by atoms with Crippen LogP contribution in [0.2, 0.25) is 0 Å². The minimum atomic E-state index is -4.40. The number of phosphoric ester groups is 1. The van der Waals surface area contributed by atoms with Crippen molar-refractivity contribution >= 4 is 19.8 Å². The lowest BCUT2D eigenvalue weighted by atomic mass is 10.0. The predicted octanol–water partition coefficient (Wildman–Crippen LogP) is 13.0. The molecule has 0 radical (unpaired) electrons. The Morgan fingerprint density at radius 2 is 1.08 bits per heavy atom. The largest absolute Gasteiger partial charge is 0.472 e. The summed E-state index contributed by atoms with van der Waals surface area (Å²) in [5.41, 5.74) is 0. The van der Waals surface area contributed by atoms with Crippen LogP contribution in [-0.2, 0) is 37.4 Å². The van der Waals surface area contributed by atoms with Crippen molar-refractivity contribution in [2.75, 3.05) is 47.5 Å². The Morgan fingerprint density at radius 3 is 1.59 bits per heavy atom. The van der Waals surface area contributed by atoms with Crippen LogP contribution in [0.5, 0.6) is 0 Å². The van der Waals surface area contributed by atoms with Gasteiger partial charge in [-0.05, 0) is 51.4 Å². The molecule has 4 atom stereocenters. The van der Waals surface area contributed by atoms with Crippen molar-refractivity contribution < 1.29 is 46.8 Å². The summed E-state index contributed by atoms with van der Waals surface area (Å²) in [5.74, 6) is -0.898. The number of rotatable bonds is 42. The summed E-state index contributed by atoms with van der Waals surface area (Å²) in [6.07, 6.45) is 49.0. The van der Waals surface area contributed by atoms with Crippen LogP contribution >= 0.6 is 7.82 Å². The van der Waals surface area contributed by atoms with E-state index < -0.39 is 26.5 Å². The third-order valence-corrected chi connectivity index (χ3v) is 11.5. The minimum Gasteiger partial charge on any atom is -0.462 e. The number of hydrogen-bond acceptors (Lipinski definition) is 8. The number of nitrogens with zero attached hydrogens (tertiary/aromatic N) is 1. The number of esters is 2. The van der Waals surface area contributed by atoms with E-state index >= 15 is 0 Å². The van der Waals surface area contributed by atoms with Gasteiger partial charge in [0.05, 0.1) is 40.0 Å². The molecule has 0 aromatic rings. The van der Waals surface area contributed by atoms with Crippen LogP contribution in [0.4, 0.5) is 0 Å². The fraction of sp³-hybridized carbons (Fsp3) is 0.760. The van der Waals surface area contributed by atoms with Crippen molar-refractivity contribution in [3.63, 3.8) is 0 Å². The fourth-order valence-corrected chi connectivity index (χ4v) is 7.35. The second-order valence-corrected chi connectivity index (χ2v) is 19.0. The zero-order valence-corrected chi connectivity index (χ0v) is 40.2. The van der Waals surface area contributed by atoms with Gasteiger partial charge in [-0.25, -0.2) is 4.57 Å². The maximum absolute atomic E-state index is 12.7. The van der Waals surface area contributed by atoms with Crippen LogP contribution in [0.25, 0.3) is 0 Å². The second kappa shape index (κ2) is 38.2. The molecule has 0 aromatic heterocycles. The van der Waals surface area contributed by atoms with E-state index in [1.54, 1.807) is 0 Å². The molecule has 1 aliphatic heterocycles. The van der Waals surface area contributed by atoms with Crippen LogP contribution < -0.4 is 0 Å². The van der Waals surface area contributed by atoms with Crippen LogP contribution in [0.15, 0.2) is 60.8 Å². The SMILES string of the molecule is CC/C=C\CC1OC1C/C=C\C/C=C\C/C=C\C/C=C\CCC(=O)O[C@H](COC(=O)CCCCCCCCCCCCCCCCCCC)COP(=O)(O)OCC[N+](C)(C)C. The van der Waals surface area contributed by atoms with Crippen molar-refractivity contribution in [1.29, 1.82) is 0 Å². The number of phosphoric acid groups is 1. The van der Waals surface area contributed by atoms with Gasteiger partial charge in [0.1, 0.15) is 19.8 Å². The molecule has 352 valence electrons. The smallest absolute Gasteiger partial charge is 0.462 e. The molecule has 0 spiro atoms. The number of carbonyl (C=O) groups is 2. The molecule has 1 N–H and O–H groups in total. The van der Waals surface area contributed by atoms with E-state index in [4.69, 9.17) is 23.3 Å². The zero-order chi connectivity index (χ0) is 44.7. The van der Waals surface area contributed by atoms with Gasteiger partial charge in [0.25, 0.3) is 0 Å². The highest BCUT2D eigenvalue weighted by atomic mass is 31.2. The van der Waals surface area contributed by atoms with Gasteiger partial charge < -0.3 is 23.6 Å². The van der Waals surface area contributed by atoms with Gasteiger partial charge in [-0.1, -0.05) is 177 Å². The summed E-state index contributed by atoms with van der Waals surface area (Å²) in [7, 11) is 1.42. The van der Waals surface area contributed by atoms with Gasteiger partial charge in [0.15, 0.2) is 6.10 Å². The molecule has 1 fully saturated rings. The number of likely N-dealkylation sites (N-methyl/N-ethyl adjacent to an activating group) is 1. The lowest BCUT2D eigenvalue weighted by Gasteiger charge is -2.24. The third-order valence-electron chi connectivity index (χ3n) is 10.5. The van der Waals surface area contributed by atoms with Crippen LogP contribution in [-0.4, -0.2) is 87.1 Å². The molecule has 1 saturated heterocycles. The highest BCUT2D eigenvalue weighted by molar-refractivity contribution is 7.47. The number of quaternary nitrogens is 1. The standard InChI is InChI=1S/C50H88NO9P/c1-6-8-10-11-12-13-14-15-16-17-18-19-23-26-29-32-36-40-49(52)56-44-46(45-58-61(54,55)57-43-42-51(3,4)5)59-50(53)41-37-33-30-27-24-21-20-22-25-28-31-35-39-48-47(60-48)38-34-9-7-2/h9,21-22,24-25,30-31,33-35,46-48H,6-8,10-20,23,26-29,32,36-45H2,1-5H3/p+1/b24-21-,25-22-,33-30-,34-9-,35-31-/t46-,47?,48?/m1/s1. The molecule has 0 amide bonds. The maximum Gasteiger partial charge on any atom is 0.472 e. The Bertz CT molecular complexity index is 1290. The first-order valence-electron chi connectivity index (χ1n) is 24.1. The second-order valence-electron chi connectivity index (χ2n) is 17.5. The molecule has 1 rings (SSSR count). The number of carbonyl (C=O) groups excluding carboxylic acids is 2. The van der Waals surface area contributed by atoms with Gasteiger partial charge >= 0.3 is 19.8 Å². The number of unbranched alkanes of at least 4 members (excludes halogenated alkanes) is 16. The highest BCUT2D eigenvalue weighted by Crippen LogP contribution is 2.43. The first kappa shape index (κ1) is 56.7. The summed E-state index contributed by atoms with van der Waals surface area (Å²) in [4.78, 5) is 35.4. The predicted molar refractivity (Wildman–Crippen MR) is 251 cm³/mol. The maximum atomic E-state index is 12.7. The van der Waals surface area contributed by atoms with Gasteiger partial charge in [-0.15, -0.1) is 0 Å². The van der Waals surface area contributed by atoms with Crippen LogP contribution in [0.3, 0.4) is 0 Å². The molecule has 61 heavy (non-hydrogen) atoms. The first-order valence-corrected chi connectivity index (χ1v) is 25.6. The third kappa shape index (κ3) is 39.0. The Balaban J connectivity index is 2.29. The van der Waals surface area contributed by atoms with Crippen molar-refractivity contribution in [2.24, 2.45) is 0 Å². The van der Waals surface area contributed by atoms with Gasteiger partial charge in [0, 0.05) is 12.8 Å². The molecular weight excluding hydrogens is 790 g/mol. The van der Waals surface area contributed by atoms with E-state index in [2.05, 4.69) is 62.5 Å². The summed E-state index contributed by atoms with van der Waals surface area (Å²) < 4.78 is 40.0.